The minimum absolute atomic E-state index is 0.898. The first-order chi connectivity index (χ1) is 4.85. The molecule has 0 saturated carbocycles. The number of hydrogen-bond acceptors (Lipinski definition) is 2. The Hall–Kier alpha value is 0.700. The zero-order valence-electron chi connectivity index (χ0n) is 7.22. The van der Waals surface area contributed by atoms with E-state index in [0.29, 0.717) is 0 Å². The molecule has 0 aromatic carbocycles. The molecule has 0 spiro atoms. The molecule has 0 bridgehead atoms. The van der Waals surface area contributed by atoms with Crippen LogP contribution < -0.4 is 0 Å². The highest BCUT2D eigenvalue weighted by molar-refractivity contribution is 8.76. The van der Waals surface area contributed by atoms with Gasteiger partial charge in [-0.3, -0.25) is 0 Å². The van der Waals surface area contributed by atoms with E-state index in [2.05, 4.69) is 31.6 Å². The Morgan fingerprint density at radius 3 is 2.30 bits per heavy atom. The Balaban J connectivity index is 3.21. The summed E-state index contributed by atoms with van der Waals surface area (Å²) >= 11 is 0. The summed E-state index contributed by atoms with van der Waals surface area (Å²) in [5.74, 6) is 1.24. The van der Waals surface area contributed by atoms with Crippen LogP contribution in [0.15, 0.2) is 0 Å². The van der Waals surface area contributed by atoms with Crippen molar-refractivity contribution in [1.29, 1.82) is 0 Å². The molecule has 0 rings (SSSR count). The van der Waals surface area contributed by atoms with Gasteiger partial charge in [-0.2, -0.15) is 0 Å². The Kier molecular flexibility index (Phi) is 8.35. The third-order valence-electron chi connectivity index (χ3n) is 1.39. The number of rotatable bonds is 6. The molecule has 0 fully saturated rings. The molecule has 0 aromatic heterocycles. The van der Waals surface area contributed by atoms with E-state index in [1.165, 1.54) is 25.0 Å². The lowest BCUT2D eigenvalue weighted by molar-refractivity contribution is 0.723. The van der Waals surface area contributed by atoms with Gasteiger partial charge in [0.15, 0.2) is 0 Å². The van der Waals surface area contributed by atoms with Crippen molar-refractivity contribution < 1.29 is 0 Å². The summed E-state index contributed by atoms with van der Waals surface area (Å²) in [5.41, 5.74) is 0. The molecule has 0 amide bonds. The molecule has 2 heteroatoms. The molecule has 62 valence electrons. The van der Waals surface area contributed by atoms with Crippen molar-refractivity contribution in [3.05, 3.63) is 0 Å². The van der Waals surface area contributed by atoms with E-state index >= 15 is 0 Å². The van der Waals surface area contributed by atoms with Gasteiger partial charge in [0.25, 0.3) is 0 Å². The maximum atomic E-state index is 2.28. The second kappa shape index (κ2) is 7.80. The maximum absolute atomic E-state index is 2.28. The fourth-order valence-electron chi connectivity index (χ4n) is 0.807. The summed E-state index contributed by atoms with van der Waals surface area (Å²) in [7, 11) is 4.06. The summed E-state index contributed by atoms with van der Waals surface area (Å²) in [6.07, 6.45) is 4.04. The summed E-state index contributed by atoms with van der Waals surface area (Å²) in [6.45, 7) is 6.76. The Bertz CT molecular complexity index is 64.3. The molecule has 0 radical (unpaired) electrons. The minimum atomic E-state index is 0.898. The van der Waals surface area contributed by atoms with Crippen LogP contribution in [0.3, 0.4) is 0 Å². The van der Waals surface area contributed by atoms with Gasteiger partial charge in [0.05, 0.1) is 0 Å². The van der Waals surface area contributed by atoms with Crippen LogP contribution in [0.2, 0.25) is 0 Å². The zero-order chi connectivity index (χ0) is 7.82. The molecule has 0 aliphatic heterocycles. The summed E-state index contributed by atoms with van der Waals surface area (Å²) in [4.78, 5) is 0. The quantitative estimate of drug-likeness (QED) is 0.565. The Morgan fingerprint density at radius 2 is 1.90 bits per heavy atom. The maximum Gasteiger partial charge on any atom is 0.0148 e. The lowest BCUT2D eigenvalue weighted by Crippen LogP contribution is -1.97. The normalized spacial score (nSPS) is 13.5. The fraction of sp³-hybridized carbons (Fsp3) is 1.00. The zero-order valence-corrected chi connectivity index (χ0v) is 8.86. The first-order valence-electron chi connectivity index (χ1n) is 4.13. The highest BCUT2D eigenvalue weighted by Crippen LogP contribution is 2.30. The van der Waals surface area contributed by atoms with Crippen LogP contribution in [0.5, 0.6) is 0 Å². The highest BCUT2D eigenvalue weighted by atomic mass is 33.1. The van der Waals surface area contributed by atoms with E-state index in [-0.39, 0.29) is 0 Å². The van der Waals surface area contributed by atoms with Crippen LogP contribution in [-0.2, 0) is 0 Å². The van der Waals surface area contributed by atoms with Gasteiger partial charge in [0.1, 0.15) is 0 Å². The molecule has 1 unspecified atom stereocenters. The molecular weight excluding hydrogens is 160 g/mol. The van der Waals surface area contributed by atoms with Crippen molar-refractivity contribution in [1.82, 2.24) is 0 Å². The van der Waals surface area contributed by atoms with E-state index in [1.807, 2.05) is 10.8 Å². The highest BCUT2D eigenvalue weighted by Gasteiger charge is 2.03. The van der Waals surface area contributed by atoms with Crippen LogP contribution in [0.1, 0.15) is 40.0 Å². The van der Waals surface area contributed by atoms with Crippen molar-refractivity contribution in [2.75, 3.05) is 5.75 Å². The van der Waals surface area contributed by atoms with Crippen molar-refractivity contribution in [3.63, 3.8) is 0 Å². The molecule has 0 N–H and O–H groups in total. The Labute approximate surface area is 72.9 Å². The lowest BCUT2D eigenvalue weighted by Gasteiger charge is -2.10. The first-order valence-corrected chi connectivity index (χ1v) is 6.51. The first kappa shape index (κ1) is 10.7. The predicted molar refractivity (Wildman–Crippen MR) is 54.7 cm³/mol. The molecule has 0 aliphatic rings. The van der Waals surface area contributed by atoms with E-state index in [0.717, 1.165) is 5.25 Å². The van der Waals surface area contributed by atoms with Crippen LogP contribution in [0.4, 0.5) is 0 Å². The summed E-state index contributed by atoms with van der Waals surface area (Å²) < 4.78 is 0. The molecule has 0 nitrogen and oxygen atoms in total. The fourth-order valence-corrected chi connectivity index (χ4v) is 3.29. The van der Waals surface area contributed by atoms with Gasteiger partial charge in [-0.05, 0) is 12.8 Å². The third kappa shape index (κ3) is 5.48. The van der Waals surface area contributed by atoms with Gasteiger partial charge < -0.3 is 0 Å². The SMILES string of the molecule is CCCC(CC)SSCC. The summed E-state index contributed by atoms with van der Waals surface area (Å²) in [6, 6.07) is 0. The molecule has 1 atom stereocenters. The van der Waals surface area contributed by atoms with Gasteiger partial charge in [-0.1, -0.05) is 48.8 Å². The molecule has 0 saturated heterocycles. The van der Waals surface area contributed by atoms with Crippen LogP contribution in [0.25, 0.3) is 0 Å². The van der Waals surface area contributed by atoms with Crippen LogP contribution in [0, 0.1) is 0 Å². The Morgan fingerprint density at radius 1 is 1.20 bits per heavy atom. The second-order valence-electron chi connectivity index (χ2n) is 2.32. The molecule has 0 heterocycles. The van der Waals surface area contributed by atoms with Crippen LogP contribution in [-0.4, -0.2) is 11.0 Å². The van der Waals surface area contributed by atoms with Crippen molar-refractivity contribution in [2.45, 2.75) is 45.3 Å². The van der Waals surface area contributed by atoms with Crippen LogP contribution >= 0.6 is 21.6 Å². The van der Waals surface area contributed by atoms with Gasteiger partial charge in [-0.25, -0.2) is 0 Å². The second-order valence-corrected chi connectivity index (χ2v) is 5.28. The monoisotopic (exact) mass is 178 g/mol. The van der Waals surface area contributed by atoms with Gasteiger partial charge in [0, 0.05) is 11.0 Å². The van der Waals surface area contributed by atoms with Crippen molar-refractivity contribution in [3.8, 4) is 0 Å². The van der Waals surface area contributed by atoms with E-state index in [9.17, 15) is 0 Å². The largest absolute Gasteiger partial charge is 0.0942 e. The van der Waals surface area contributed by atoms with E-state index in [1.54, 1.807) is 0 Å². The van der Waals surface area contributed by atoms with Gasteiger partial charge in [-0.15, -0.1) is 0 Å². The molecule has 0 aliphatic carbocycles. The average molecular weight is 178 g/mol. The van der Waals surface area contributed by atoms with Crippen molar-refractivity contribution in [2.24, 2.45) is 0 Å². The topological polar surface area (TPSA) is 0 Å². The van der Waals surface area contributed by atoms with Gasteiger partial charge in [0.2, 0.25) is 0 Å². The van der Waals surface area contributed by atoms with Crippen molar-refractivity contribution >= 4 is 21.6 Å². The molecule has 0 aromatic rings. The average Bonchev–Trinajstić information content (AvgIpc) is 1.98. The van der Waals surface area contributed by atoms with E-state index < -0.39 is 0 Å². The predicted octanol–water partition coefficient (Wildman–Crippen LogP) is 3.97. The standard InChI is InChI=1S/C8H18S2/c1-4-7-8(5-2)10-9-6-3/h8H,4-7H2,1-3H3. The third-order valence-corrected chi connectivity index (χ3v) is 4.53. The van der Waals surface area contributed by atoms with E-state index in [4.69, 9.17) is 0 Å². The lowest BCUT2D eigenvalue weighted by atomic mass is 10.2. The van der Waals surface area contributed by atoms with Gasteiger partial charge >= 0.3 is 0 Å². The number of hydrogen-bond donors (Lipinski definition) is 0. The minimum Gasteiger partial charge on any atom is -0.0942 e. The summed E-state index contributed by atoms with van der Waals surface area (Å²) in [5, 5.41) is 0.898. The molecular formula is C8H18S2. The molecule has 10 heavy (non-hydrogen) atoms. The smallest absolute Gasteiger partial charge is 0.0148 e.